The molecule has 2 aliphatic rings. The zero-order chi connectivity index (χ0) is 18.6. The van der Waals surface area contributed by atoms with Crippen LogP contribution < -0.4 is 15.1 Å². The third kappa shape index (κ3) is 4.22. The van der Waals surface area contributed by atoms with E-state index in [4.69, 9.17) is 0 Å². The van der Waals surface area contributed by atoms with E-state index in [1.165, 1.54) is 18.5 Å². The number of carbonyl (C=O) groups excluding carboxylic acids is 1. The van der Waals surface area contributed by atoms with Crippen LogP contribution in [0.15, 0.2) is 42.6 Å². The lowest BCUT2D eigenvalue weighted by atomic mass is 10.2. The van der Waals surface area contributed by atoms with Crippen LogP contribution in [0.5, 0.6) is 0 Å². The maximum absolute atomic E-state index is 12.5. The fraction of sp³-hybridized carbons (Fsp3) is 0.429. The molecule has 6 heteroatoms. The third-order valence-corrected chi connectivity index (χ3v) is 5.45. The zero-order valence-electron chi connectivity index (χ0n) is 15.9. The summed E-state index contributed by atoms with van der Waals surface area (Å²) in [5.74, 6) is -0.172. The number of piperazine rings is 1. The summed E-state index contributed by atoms with van der Waals surface area (Å²) in [4.78, 5) is 23.9. The molecular formula is C21H27N5O. The van der Waals surface area contributed by atoms with Gasteiger partial charge in [-0.15, -0.1) is 0 Å². The number of pyridine rings is 1. The van der Waals surface area contributed by atoms with Crippen LogP contribution in [0.2, 0.25) is 0 Å². The van der Waals surface area contributed by atoms with Gasteiger partial charge in [0.1, 0.15) is 5.69 Å². The summed E-state index contributed by atoms with van der Waals surface area (Å²) in [6, 6.07) is 11.9. The summed E-state index contributed by atoms with van der Waals surface area (Å²) in [6.07, 6.45) is 4.32. The summed E-state index contributed by atoms with van der Waals surface area (Å²) in [7, 11) is 2.14. The van der Waals surface area contributed by atoms with E-state index in [0.717, 1.165) is 50.6 Å². The van der Waals surface area contributed by atoms with Gasteiger partial charge < -0.3 is 20.0 Å². The molecule has 1 N–H and O–H groups in total. The number of hydrogen-bond donors (Lipinski definition) is 1. The van der Waals surface area contributed by atoms with E-state index in [9.17, 15) is 4.79 Å². The Hall–Kier alpha value is -2.60. The van der Waals surface area contributed by atoms with Gasteiger partial charge in [-0.05, 0) is 56.3 Å². The van der Waals surface area contributed by atoms with Crippen molar-refractivity contribution < 1.29 is 4.79 Å². The second kappa shape index (κ2) is 7.96. The standard InChI is InChI=1S/C21H27N5O/c1-24-12-14-26(15-13-24)19-8-9-20(22-16-19)21(27)23-17-4-6-18(7-5-17)25-10-2-3-11-25/h4-9,16H,2-3,10-15H2,1H3,(H,23,27). The molecule has 2 saturated heterocycles. The average molecular weight is 365 g/mol. The second-order valence-electron chi connectivity index (χ2n) is 7.39. The molecular weight excluding hydrogens is 338 g/mol. The molecule has 4 rings (SSSR count). The number of nitrogens with zero attached hydrogens (tertiary/aromatic N) is 4. The molecule has 1 amide bonds. The van der Waals surface area contributed by atoms with Gasteiger partial charge in [0.25, 0.3) is 5.91 Å². The predicted octanol–water partition coefficient (Wildman–Crippen LogP) is 2.69. The normalized spacial score (nSPS) is 18.0. The summed E-state index contributed by atoms with van der Waals surface area (Å²) in [6.45, 7) is 6.33. The van der Waals surface area contributed by atoms with Gasteiger partial charge in [-0.3, -0.25) is 4.79 Å². The first-order valence-corrected chi connectivity index (χ1v) is 9.75. The lowest BCUT2D eigenvalue weighted by Crippen LogP contribution is -2.44. The molecule has 0 aliphatic carbocycles. The van der Waals surface area contributed by atoms with Crippen molar-refractivity contribution in [3.05, 3.63) is 48.3 Å². The summed E-state index contributed by atoms with van der Waals surface area (Å²) >= 11 is 0. The molecule has 3 heterocycles. The minimum absolute atomic E-state index is 0.172. The van der Waals surface area contributed by atoms with Crippen LogP contribution >= 0.6 is 0 Å². The van der Waals surface area contributed by atoms with E-state index >= 15 is 0 Å². The van der Waals surface area contributed by atoms with Gasteiger partial charge in [0.2, 0.25) is 0 Å². The molecule has 0 spiro atoms. The largest absolute Gasteiger partial charge is 0.372 e. The molecule has 0 saturated carbocycles. The first kappa shape index (κ1) is 17.8. The van der Waals surface area contributed by atoms with Crippen LogP contribution in [0.1, 0.15) is 23.3 Å². The minimum Gasteiger partial charge on any atom is -0.372 e. The van der Waals surface area contributed by atoms with Gasteiger partial charge >= 0.3 is 0 Å². The highest BCUT2D eigenvalue weighted by molar-refractivity contribution is 6.03. The molecule has 1 aromatic heterocycles. The van der Waals surface area contributed by atoms with Crippen LogP contribution in [0.4, 0.5) is 17.1 Å². The molecule has 2 fully saturated rings. The Bertz CT molecular complexity index is 760. The van der Waals surface area contributed by atoms with Crippen molar-refractivity contribution in [2.24, 2.45) is 0 Å². The van der Waals surface area contributed by atoms with Crippen LogP contribution in [0.3, 0.4) is 0 Å². The predicted molar refractivity (Wildman–Crippen MR) is 110 cm³/mol. The Morgan fingerprint density at radius 1 is 0.852 bits per heavy atom. The van der Waals surface area contributed by atoms with E-state index in [2.05, 4.69) is 44.2 Å². The Labute approximate surface area is 160 Å². The third-order valence-electron chi connectivity index (χ3n) is 5.45. The van der Waals surface area contributed by atoms with Crippen molar-refractivity contribution >= 4 is 23.0 Å². The SMILES string of the molecule is CN1CCN(c2ccc(C(=O)Nc3ccc(N4CCCC4)cc3)nc2)CC1. The highest BCUT2D eigenvalue weighted by Crippen LogP contribution is 2.22. The van der Waals surface area contributed by atoms with E-state index in [1.807, 2.05) is 24.3 Å². The fourth-order valence-electron chi connectivity index (χ4n) is 3.70. The first-order chi connectivity index (χ1) is 13.2. The Kier molecular flexibility index (Phi) is 5.25. The van der Waals surface area contributed by atoms with Crippen LogP contribution in [0.25, 0.3) is 0 Å². The average Bonchev–Trinajstić information content (AvgIpc) is 3.24. The van der Waals surface area contributed by atoms with Crippen molar-refractivity contribution in [2.75, 3.05) is 61.4 Å². The topological polar surface area (TPSA) is 51.7 Å². The maximum Gasteiger partial charge on any atom is 0.274 e. The number of carbonyl (C=O) groups is 1. The first-order valence-electron chi connectivity index (χ1n) is 9.75. The van der Waals surface area contributed by atoms with Crippen molar-refractivity contribution in [1.82, 2.24) is 9.88 Å². The number of aromatic nitrogens is 1. The molecule has 0 unspecified atom stereocenters. The molecule has 0 bridgehead atoms. The van der Waals surface area contributed by atoms with Gasteiger partial charge in [-0.2, -0.15) is 0 Å². The monoisotopic (exact) mass is 365 g/mol. The smallest absolute Gasteiger partial charge is 0.274 e. The van der Waals surface area contributed by atoms with Crippen LogP contribution in [-0.4, -0.2) is 62.1 Å². The lowest BCUT2D eigenvalue weighted by molar-refractivity contribution is 0.102. The molecule has 142 valence electrons. The van der Waals surface area contributed by atoms with Gasteiger partial charge in [-0.25, -0.2) is 4.98 Å². The summed E-state index contributed by atoms with van der Waals surface area (Å²) in [5.41, 5.74) is 3.54. The Morgan fingerprint density at radius 2 is 1.48 bits per heavy atom. The van der Waals surface area contributed by atoms with Crippen molar-refractivity contribution in [1.29, 1.82) is 0 Å². The quantitative estimate of drug-likeness (QED) is 0.903. The molecule has 2 aromatic rings. The van der Waals surface area contributed by atoms with E-state index in [0.29, 0.717) is 5.69 Å². The van der Waals surface area contributed by atoms with E-state index in [1.54, 1.807) is 6.20 Å². The molecule has 27 heavy (non-hydrogen) atoms. The van der Waals surface area contributed by atoms with Gasteiger partial charge in [0.05, 0.1) is 11.9 Å². The second-order valence-corrected chi connectivity index (χ2v) is 7.39. The summed E-state index contributed by atoms with van der Waals surface area (Å²) < 4.78 is 0. The number of hydrogen-bond acceptors (Lipinski definition) is 5. The van der Waals surface area contributed by atoms with Gasteiger partial charge in [-0.1, -0.05) is 0 Å². The fourth-order valence-corrected chi connectivity index (χ4v) is 3.70. The molecule has 6 nitrogen and oxygen atoms in total. The number of anilines is 3. The molecule has 1 aromatic carbocycles. The summed E-state index contributed by atoms with van der Waals surface area (Å²) in [5, 5.41) is 2.94. The minimum atomic E-state index is -0.172. The maximum atomic E-state index is 12.5. The highest BCUT2D eigenvalue weighted by atomic mass is 16.1. The lowest BCUT2D eigenvalue weighted by Gasteiger charge is -2.33. The number of rotatable bonds is 4. The Morgan fingerprint density at radius 3 is 2.11 bits per heavy atom. The number of amides is 1. The van der Waals surface area contributed by atoms with Gasteiger partial charge in [0, 0.05) is 50.6 Å². The highest BCUT2D eigenvalue weighted by Gasteiger charge is 2.16. The molecule has 0 atom stereocenters. The van der Waals surface area contributed by atoms with E-state index in [-0.39, 0.29) is 5.91 Å². The van der Waals surface area contributed by atoms with Crippen molar-refractivity contribution in [3.8, 4) is 0 Å². The zero-order valence-corrected chi connectivity index (χ0v) is 15.9. The van der Waals surface area contributed by atoms with Gasteiger partial charge in [0.15, 0.2) is 0 Å². The van der Waals surface area contributed by atoms with Crippen LogP contribution in [-0.2, 0) is 0 Å². The Balaban J connectivity index is 1.36. The molecule has 0 radical (unpaired) electrons. The van der Waals surface area contributed by atoms with Crippen molar-refractivity contribution in [3.63, 3.8) is 0 Å². The van der Waals surface area contributed by atoms with E-state index < -0.39 is 0 Å². The number of likely N-dealkylation sites (N-methyl/N-ethyl adjacent to an activating group) is 1. The number of nitrogens with one attached hydrogen (secondary N) is 1. The van der Waals surface area contributed by atoms with Crippen molar-refractivity contribution in [2.45, 2.75) is 12.8 Å². The molecule has 2 aliphatic heterocycles. The van der Waals surface area contributed by atoms with Crippen LogP contribution in [0, 0.1) is 0 Å². The number of benzene rings is 1.